The van der Waals surface area contributed by atoms with Crippen molar-refractivity contribution in [2.45, 2.75) is 70.6 Å². The zero-order valence-electron chi connectivity index (χ0n) is 12.7. The Morgan fingerprint density at radius 1 is 1.09 bits per heavy atom. The lowest BCUT2D eigenvalue weighted by atomic mass is 10.0. The van der Waals surface area contributed by atoms with Gasteiger partial charge in [0.15, 0.2) is 18.5 Å². The number of carboxylic acid groups (broad SMARTS) is 1. The van der Waals surface area contributed by atoms with Crippen LogP contribution in [-0.2, 0) is 28.6 Å². The molecule has 126 valence electrons. The number of aliphatic carboxylic acids is 1. The number of hydrogen-bond acceptors (Lipinski definition) is 7. The topological polar surface area (TPSA) is 119 Å². The maximum atomic E-state index is 11.6. The van der Waals surface area contributed by atoms with Gasteiger partial charge in [-0.1, -0.05) is 13.8 Å². The summed E-state index contributed by atoms with van der Waals surface area (Å²) in [6.07, 6.45) is -4.03. The van der Waals surface area contributed by atoms with E-state index >= 15 is 0 Å². The first-order valence-electron chi connectivity index (χ1n) is 7.34. The molecule has 2 N–H and O–H groups in total. The molecule has 1 saturated heterocycles. The van der Waals surface area contributed by atoms with Crippen LogP contribution in [0.15, 0.2) is 0 Å². The summed E-state index contributed by atoms with van der Waals surface area (Å²) in [6, 6.07) is 0. The first-order chi connectivity index (χ1) is 10.4. The number of aliphatic hydroxyl groups excluding tert-OH is 1. The van der Waals surface area contributed by atoms with Crippen LogP contribution < -0.4 is 0 Å². The van der Waals surface area contributed by atoms with Crippen LogP contribution in [-0.4, -0.2) is 52.7 Å². The maximum Gasteiger partial charge on any atom is 0.333 e. The molecule has 0 saturated carbocycles. The fourth-order valence-electron chi connectivity index (χ4n) is 2.09. The summed E-state index contributed by atoms with van der Waals surface area (Å²) in [4.78, 5) is 34.2. The van der Waals surface area contributed by atoms with Crippen LogP contribution in [0.1, 0.15) is 46.0 Å². The minimum Gasteiger partial charge on any atom is -0.479 e. The summed E-state index contributed by atoms with van der Waals surface area (Å²) in [5.74, 6) is -2.39. The van der Waals surface area contributed by atoms with Crippen molar-refractivity contribution < 1.29 is 38.8 Å². The largest absolute Gasteiger partial charge is 0.479 e. The molecular formula is C14H22O8. The summed E-state index contributed by atoms with van der Waals surface area (Å²) in [7, 11) is 0. The quantitative estimate of drug-likeness (QED) is 0.655. The molecule has 1 heterocycles. The summed E-state index contributed by atoms with van der Waals surface area (Å²) in [5.41, 5.74) is 0. The van der Waals surface area contributed by atoms with Gasteiger partial charge >= 0.3 is 17.9 Å². The fraction of sp³-hybridized carbons (Fsp3) is 0.786. The molecule has 4 atom stereocenters. The van der Waals surface area contributed by atoms with Gasteiger partial charge in [0.25, 0.3) is 0 Å². The van der Waals surface area contributed by atoms with Crippen molar-refractivity contribution >= 4 is 17.9 Å². The second kappa shape index (κ2) is 8.70. The molecule has 0 aromatic carbocycles. The molecule has 0 bridgehead atoms. The Morgan fingerprint density at radius 3 is 2.14 bits per heavy atom. The van der Waals surface area contributed by atoms with Crippen LogP contribution in [0.4, 0.5) is 0 Å². The first-order valence-corrected chi connectivity index (χ1v) is 7.34. The zero-order valence-corrected chi connectivity index (χ0v) is 12.7. The van der Waals surface area contributed by atoms with E-state index < -0.39 is 42.5 Å². The summed E-state index contributed by atoms with van der Waals surface area (Å²) >= 11 is 0. The molecule has 0 aromatic rings. The molecule has 0 spiro atoms. The van der Waals surface area contributed by atoms with Crippen LogP contribution >= 0.6 is 0 Å². The molecule has 1 fully saturated rings. The second-order valence-electron chi connectivity index (χ2n) is 5.07. The van der Waals surface area contributed by atoms with Gasteiger partial charge in [-0.15, -0.1) is 0 Å². The van der Waals surface area contributed by atoms with E-state index in [1.54, 1.807) is 13.8 Å². The van der Waals surface area contributed by atoms with Gasteiger partial charge < -0.3 is 24.4 Å². The highest BCUT2D eigenvalue weighted by Gasteiger charge is 2.45. The van der Waals surface area contributed by atoms with E-state index in [-0.39, 0.29) is 19.3 Å². The minimum absolute atomic E-state index is 0.140. The molecule has 1 aliphatic rings. The monoisotopic (exact) mass is 318 g/mol. The molecule has 0 unspecified atom stereocenters. The number of rotatable bonds is 7. The zero-order chi connectivity index (χ0) is 16.7. The summed E-state index contributed by atoms with van der Waals surface area (Å²) in [5, 5.41) is 18.8. The maximum absolute atomic E-state index is 11.6. The predicted molar refractivity (Wildman–Crippen MR) is 72.7 cm³/mol. The Labute approximate surface area is 128 Å². The molecule has 8 heteroatoms. The SMILES string of the molecule is CCCC(=O)O[C@H]1[C@H](O)O[C@H](C(=O)O)C[C@@H]1OC(=O)CCC. The lowest BCUT2D eigenvalue weighted by molar-refractivity contribution is -0.259. The van der Waals surface area contributed by atoms with Crippen molar-refractivity contribution in [1.29, 1.82) is 0 Å². The summed E-state index contributed by atoms with van der Waals surface area (Å²) < 4.78 is 15.1. The van der Waals surface area contributed by atoms with Crippen LogP contribution in [0.2, 0.25) is 0 Å². The van der Waals surface area contributed by atoms with Crippen LogP contribution in [0, 0.1) is 0 Å². The van der Waals surface area contributed by atoms with E-state index in [9.17, 15) is 19.5 Å². The molecule has 22 heavy (non-hydrogen) atoms. The van der Waals surface area contributed by atoms with Gasteiger partial charge in [-0.3, -0.25) is 9.59 Å². The Kier molecular flexibility index (Phi) is 7.26. The Morgan fingerprint density at radius 2 is 1.64 bits per heavy atom. The Hall–Kier alpha value is -1.67. The number of hydrogen-bond donors (Lipinski definition) is 2. The van der Waals surface area contributed by atoms with E-state index in [4.69, 9.17) is 19.3 Å². The van der Waals surface area contributed by atoms with E-state index in [0.29, 0.717) is 12.8 Å². The van der Waals surface area contributed by atoms with Gasteiger partial charge in [0.05, 0.1) is 0 Å². The predicted octanol–water partition coefficient (Wildman–Crippen LogP) is 0.602. The lowest BCUT2D eigenvalue weighted by Gasteiger charge is -2.36. The normalized spacial score (nSPS) is 28.0. The van der Waals surface area contributed by atoms with Gasteiger partial charge in [-0.05, 0) is 12.8 Å². The van der Waals surface area contributed by atoms with Crippen molar-refractivity contribution in [2.24, 2.45) is 0 Å². The molecular weight excluding hydrogens is 296 g/mol. The third-order valence-electron chi connectivity index (χ3n) is 3.13. The first kappa shape index (κ1) is 18.4. The van der Waals surface area contributed by atoms with Crippen LogP contribution in [0.3, 0.4) is 0 Å². The second-order valence-corrected chi connectivity index (χ2v) is 5.07. The van der Waals surface area contributed by atoms with Gasteiger partial charge in [0, 0.05) is 19.3 Å². The molecule has 0 aliphatic carbocycles. The van der Waals surface area contributed by atoms with Crippen LogP contribution in [0.5, 0.6) is 0 Å². The van der Waals surface area contributed by atoms with Crippen molar-refractivity contribution in [2.75, 3.05) is 0 Å². The molecule has 0 aromatic heterocycles. The number of carboxylic acids is 1. The van der Waals surface area contributed by atoms with Crippen molar-refractivity contribution in [3.63, 3.8) is 0 Å². The Balaban J connectivity index is 2.81. The third-order valence-corrected chi connectivity index (χ3v) is 3.13. The van der Waals surface area contributed by atoms with E-state index in [0.717, 1.165) is 0 Å². The molecule has 1 rings (SSSR count). The van der Waals surface area contributed by atoms with Crippen molar-refractivity contribution in [1.82, 2.24) is 0 Å². The molecule has 0 amide bonds. The average molecular weight is 318 g/mol. The van der Waals surface area contributed by atoms with E-state index in [2.05, 4.69) is 0 Å². The average Bonchev–Trinajstić information content (AvgIpc) is 2.42. The number of aliphatic hydroxyl groups is 1. The van der Waals surface area contributed by atoms with Gasteiger partial charge in [0.2, 0.25) is 0 Å². The third kappa shape index (κ3) is 5.27. The number of esters is 2. The lowest BCUT2D eigenvalue weighted by Crippen LogP contribution is -2.53. The van der Waals surface area contributed by atoms with Gasteiger partial charge in [0.1, 0.15) is 6.10 Å². The highest BCUT2D eigenvalue weighted by atomic mass is 16.7. The van der Waals surface area contributed by atoms with Crippen molar-refractivity contribution in [3.8, 4) is 0 Å². The fourth-order valence-corrected chi connectivity index (χ4v) is 2.09. The summed E-state index contributed by atoms with van der Waals surface area (Å²) in [6.45, 7) is 3.58. The van der Waals surface area contributed by atoms with Crippen LogP contribution in [0.25, 0.3) is 0 Å². The molecule has 1 aliphatic heterocycles. The number of carbonyl (C=O) groups excluding carboxylic acids is 2. The van der Waals surface area contributed by atoms with E-state index in [1.807, 2.05) is 0 Å². The highest BCUT2D eigenvalue weighted by Crippen LogP contribution is 2.25. The van der Waals surface area contributed by atoms with Crippen molar-refractivity contribution in [3.05, 3.63) is 0 Å². The molecule has 0 radical (unpaired) electrons. The van der Waals surface area contributed by atoms with E-state index in [1.165, 1.54) is 0 Å². The van der Waals surface area contributed by atoms with Gasteiger partial charge in [-0.25, -0.2) is 4.79 Å². The minimum atomic E-state index is -1.66. The molecule has 8 nitrogen and oxygen atoms in total. The highest BCUT2D eigenvalue weighted by molar-refractivity contribution is 5.73. The smallest absolute Gasteiger partial charge is 0.333 e. The van der Waals surface area contributed by atoms with Gasteiger partial charge in [-0.2, -0.15) is 0 Å². The Bertz CT molecular complexity index is 408. The standard InChI is InChI=1S/C14H22O8/c1-3-5-10(15)20-8-7-9(13(17)18)21-14(19)12(8)22-11(16)6-4-2/h8-9,12,14,19H,3-7H2,1-2H3,(H,17,18)/t8-,9-,12+,14+/m0/s1. The number of carbonyl (C=O) groups is 3. The number of ether oxygens (including phenoxy) is 3.